The summed E-state index contributed by atoms with van der Waals surface area (Å²) in [7, 11) is 1.56. The highest BCUT2D eigenvalue weighted by molar-refractivity contribution is 6.08. The number of hydrogen-bond acceptors (Lipinski definition) is 4. The number of methoxy groups -OCH3 is 1. The quantitative estimate of drug-likeness (QED) is 0.855. The highest BCUT2D eigenvalue weighted by Gasteiger charge is 2.28. The van der Waals surface area contributed by atoms with Crippen molar-refractivity contribution in [3.05, 3.63) is 47.5 Å². The molecule has 5 nitrogen and oxygen atoms in total. The normalized spacial score (nSPS) is 15.3. The van der Waals surface area contributed by atoms with Gasteiger partial charge in [0.05, 0.1) is 7.11 Å². The lowest BCUT2D eigenvalue weighted by atomic mass is 10.1. The summed E-state index contributed by atoms with van der Waals surface area (Å²) in [5.74, 6) is 1.60. The fraction of sp³-hybridized carbons (Fsp3) is 0.278. The van der Waals surface area contributed by atoms with Gasteiger partial charge in [0.25, 0.3) is 5.91 Å². The predicted octanol–water partition coefficient (Wildman–Crippen LogP) is 2.67. The monoisotopic (exact) mass is 311 g/mol. The molecule has 0 atom stereocenters. The Bertz CT molecular complexity index is 754. The lowest BCUT2D eigenvalue weighted by Crippen LogP contribution is -2.29. The zero-order valence-electron chi connectivity index (χ0n) is 12.9. The number of para-hydroxylation sites is 1. The van der Waals surface area contributed by atoms with Gasteiger partial charge in [-0.25, -0.2) is 0 Å². The third-order valence-electron chi connectivity index (χ3n) is 4.21. The van der Waals surface area contributed by atoms with Gasteiger partial charge in [-0.2, -0.15) is 0 Å². The summed E-state index contributed by atoms with van der Waals surface area (Å²) in [4.78, 5) is 14.7. The zero-order valence-corrected chi connectivity index (χ0v) is 12.9. The topological polar surface area (TPSA) is 48.0 Å². The minimum atomic E-state index is -0.0507. The molecule has 0 aliphatic carbocycles. The van der Waals surface area contributed by atoms with E-state index >= 15 is 0 Å². The first kappa shape index (κ1) is 13.9. The molecule has 0 fully saturated rings. The fourth-order valence-electron chi connectivity index (χ4n) is 3.10. The molecule has 118 valence electrons. The maximum Gasteiger partial charge on any atom is 0.258 e. The average Bonchev–Trinajstić information content (AvgIpc) is 3.04. The lowest BCUT2D eigenvalue weighted by molar-refractivity contribution is 0.0987. The van der Waals surface area contributed by atoms with E-state index in [1.165, 1.54) is 5.56 Å². The molecular formula is C18H17NO4. The van der Waals surface area contributed by atoms with Crippen LogP contribution in [0.4, 0.5) is 5.69 Å². The van der Waals surface area contributed by atoms with Crippen molar-refractivity contribution in [1.29, 1.82) is 0 Å². The molecule has 2 aromatic carbocycles. The van der Waals surface area contributed by atoms with E-state index in [-0.39, 0.29) is 5.91 Å². The zero-order chi connectivity index (χ0) is 15.8. The summed E-state index contributed by atoms with van der Waals surface area (Å²) in [5, 5.41) is 0. The average molecular weight is 311 g/mol. The van der Waals surface area contributed by atoms with Gasteiger partial charge in [-0.3, -0.25) is 4.79 Å². The molecule has 5 heteroatoms. The molecule has 2 aromatic rings. The second-order valence-electron chi connectivity index (χ2n) is 5.54. The standard InChI is InChI=1S/C18H17NO4/c1-21-15-10-13(11-16-17(15)23-9-8-22-16)18(20)19-7-6-12-4-2-3-5-14(12)19/h2-5,10-11H,6-9H2,1H3. The third-order valence-corrected chi connectivity index (χ3v) is 4.21. The summed E-state index contributed by atoms with van der Waals surface area (Å²) >= 11 is 0. The molecule has 1 amide bonds. The van der Waals surface area contributed by atoms with Crippen molar-refractivity contribution in [3.8, 4) is 17.2 Å². The van der Waals surface area contributed by atoms with Crippen LogP contribution in [0.15, 0.2) is 36.4 Å². The van der Waals surface area contributed by atoms with Gasteiger partial charge >= 0.3 is 0 Å². The first-order valence-electron chi connectivity index (χ1n) is 7.65. The number of amides is 1. The highest BCUT2D eigenvalue weighted by atomic mass is 16.6. The van der Waals surface area contributed by atoms with Crippen LogP contribution in [0.5, 0.6) is 17.2 Å². The number of ether oxygens (including phenoxy) is 3. The van der Waals surface area contributed by atoms with E-state index in [9.17, 15) is 4.79 Å². The van der Waals surface area contributed by atoms with Crippen LogP contribution in [0.2, 0.25) is 0 Å². The molecule has 4 rings (SSSR count). The van der Waals surface area contributed by atoms with E-state index in [2.05, 4.69) is 6.07 Å². The largest absolute Gasteiger partial charge is 0.493 e. The SMILES string of the molecule is COc1cc(C(=O)N2CCc3ccccc32)cc2c1OCCO2. The molecule has 0 N–H and O–H groups in total. The van der Waals surface area contributed by atoms with Gasteiger partial charge in [0.2, 0.25) is 5.75 Å². The van der Waals surface area contributed by atoms with Gasteiger partial charge in [0.15, 0.2) is 11.5 Å². The Morgan fingerprint density at radius 3 is 2.87 bits per heavy atom. The van der Waals surface area contributed by atoms with E-state index < -0.39 is 0 Å². The number of hydrogen-bond donors (Lipinski definition) is 0. The van der Waals surface area contributed by atoms with Gasteiger partial charge in [0.1, 0.15) is 13.2 Å². The minimum absolute atomic E-state index is 0.0507. The van der Waals surface area contributed by atoms with Crippen molar-refractivity contribution in [2.45, 2.75) is 6.42 Å². The van der Waals surface area contributed by atoms with Crippen LogP contribution >= 0.6 is 0 Å². The van der Waals surface area contributed by atoms with Crippen molar-refractivity contribution in [2.75, 3.05) is 31.8 Å². The molecule has 2 heterocycles. The second kappa shape index (κ2) is 5.50. The summed E-state index contributed by atoms with van der Waals surface area (Å²) in [6.45, 7) is 1.64. The second-order valence-corrected chi connectivity index (χ2v) is 5.54. The van der Waals surface area contributed by atoms with Crippen molar-refractivity contribution in [3.63, 3.8) is 0 Å². The molecule has 0 unspecified atom stereocenters. The number of fused-ring (bicyclic) bond motifs is 2. The molecule has 0 spiro atoms. The van der Waals surface area contributed by atoms with E-state index in [0.717, 1.165) is 12.1 Å². The smallest absolute Gasteiger partial charge is 0.258 e. The van der Waals surface area contributed by atoms with Crippen LogP contribution in [0.25, 0.3) is 0 Å². The molecule has 0 saturated heterocycles. The van der Waals surface area contributed by atoms with E-state index in [0.29, 0.717) is 42.6 Å². The van der Waals surface area contributed by atoms with Crippen molar-refractivity contribution >= 4 is 11.6 Å². The Labute approximate surface area is 134 Å². The first-order valence-corrected chi connectivity index (χ1v) is 7.65. The molecule has 0 saturated carbocycles. The Morgan fingerprint density at radius 1 is 1.17 bits per heavy atom. The Hall–Kier alpha value is -2.69. The van der Waals surface area contributed by atoms with E-state index in [1.807, 2.05) is 18.2 Å². The first-order chi connectivity index (χ1) is 11.3. The molecule has 23 heavy (non-hydrogen) atoms. The minimum Gasteiger partial charge on any atom is -0.493 e. The molecule has 2 aliphatic heterocycles. The summed E-state index contributed by atoms with van der Waals surface area (Å²) < 4.78 is 16.6. The molecule has 0 bridgehead atoms. The number of carbonyl (C=O) groups is 1. The number of nitrogens with zero attached hydrogens (tertiary/aromatic N) is 1. The van der Waals surface area contributed by atoms with Gasteiger partial charge in [0, 0.05) is 17.8 Å². The summed E-state index contributed by atoms with van der Waals surface area (Å²) in [6, 6.07) is 11.5. The van der Waals surface area contributed by atoms with Gasteiger partial charge in [-0.05, 0) is 30.2 Å². The third kappa shape index (κ3) is 2.29. The van der Waals surface area contributed by atoms with Crippen LogP contribution in [-0.2, 0) is 6.42 Å². The van der Waals surface area contributed by atoms with Crippen LogP contribution in [0, 0.1) is 0 Å². The number of benzene rings is 2. The van der Waals surface area contributed by atoms with Gasteiger partial charge in [-0.1, -0.05) is 18.2 Å². The molecule has 2 aliphatic rings. The van der Waals surface area contributed by atoms with Crippen LogP contribution in [-0.4, -0.2) is 32.8 Å². The van der Waals surface area contributed by atoms with Crippen LogP contribution in [0.3, 0.4) is 0 Å². The molecule has 0 radical (unpaired) electrons. The van der Waals surface area contributed by atoms with Crippen molar-refractivity contribution < 1.29 is 19.0 Å². The van der Waals surface area contributed by atoms with Crippen LogP contribution in [0.1, 0.15) is 15.9 Å². The van der Waals surface area contributed by atoms with Gasteiger partial charge in [-0.15, -0.1) is 0 Å². The number of anilines is 1. The Kier molecular flexibility index (Phi) is 3.33. The number of carbonyl (C=O) groups excluding carboxylic acids is 1. The van der Waals surface area contributed by atoms with Crippen LogP contribution < -0.4 is 19.1 Å². The Balaban J connectivity index is 1.72. The molecular weight excluding hydrogens is 294 g/mol. The predicted molar refractivity (Wildman–Crippen MR) is 85.8 cm³/mol. The summed E-state index contributed by atoms with van der Waals surface area (Å²) in [5.41, 5.74) is 2.72. The van der Waals surface area contributed by atoms with E-state index in [1.54, 1.807) is 24.1 Å². The molecule has 0 aromatic heterocycles. The fourth-order valence-corrected chi connectivity index (χ4v) is 3.10. The van der Waals surface area contributed by atoms with Crippen molar-refractivity contribution in [1.82, 2.24) is 0 Å². The summed E-state index contributed by atoms with van der Waals surface area (Å²) in [6.07, 6.45) is 0.879. The maximum atomic E-state index is 12.9. The lowest BCUT2D eigenvalue weighted by Gasteiger charge is -2.23. The highest BCUT2D eigenvalue weighted by Crippen LogP contribution is 2.41. The van der Waals surface area contributed by atoms with Gasteiger partial charge < -0.3 is 19.1 Å². The number of rotatable bonds is 2. The maximum absolute atomic E-state index is 12.9. The van der Waals surface area contributed by atoms with Crippen molar-refractivity contribution in [2.24, 2.45) is 0 Å². The van der Waals surface area contributed by atoms with E-state index in [4.69, 9.17) is 14.2 Å². The Morgan fingerprint density at radius 2 is 2.00 bits per heavy atom.